The average molecular weight is 277 g/mol. The van der Waals surface area contributed by atoms with Crippen molar-refractivity contribution in [2.75, 3.05) is 14.2 Å². The number of ether oxygens (including phenoxy) is 1. The van der Waals surface area contributed by atoms with E-state index in [1.807, 2.05) is 37.4 Å². The second-order valence-corrected chi connectivity index (χ2v) is 5.13. The maximum absolute atomic E-state index is 14.0. The first-order chi connectivity index (χ1) is 9.24. The molecule has 0 heterocycles. The molecular formula is C15H16FNOS. The van der Waals surface area contributed by atoms with Gasteiger partial charge in [-0.05, 0) is 36.9 Å². The van der Waals surface area contributed by atoms with E-state index >= 15 is 0 Å². The van der Waals surface area contributed by atoms with Gasteiger partial charge in [0.1, 0.15) is 11.6 Å². The van der Waals surface area contributed by atoms with E-state index in [0.717, 1.165) is 16.2 Å². The Morgan fingerprint density at radius 3 is 2.63 bits per heavy atom. The normalized spacial score (nSPS) is 10.5. The fourth-order valence-electron chi connectivity index (χ4n) is 1.76. The molecule has 0 saturated carbocycles. The van der Waals surface area contributed by atoms with Crippen LogP contribution in [0.2, 0.25) is 0 Å². The highest BCUT2D eigenvalue weighted by molar-refractivity contribution is 7.99. The second-order valence-electron chi connectivity index (χ2n) is 4.05. The summed E-state index contributed by atoms with van der Waals surface area (Å²) in [4.78, 5) is 1.51. The zero-order valence-corrected chi connectivity index (χ0v) is 11.8. The summed E-state index contributed by atoms with van der Waals surface area (Å²) in [5.74, 6) is 0.551. The number of methoxy groups -OCH3 is 1. The minimum Gasteiger partial charge on any atom is -0.496 e. The molecule has 4 heteroatoms. The van der Waals surface area contributed by atoms with Crippen molar-refractivity contribution in [3.05, 3.63) is 53.8 Å². The molecule has 100 valence electrons. The Bertz CT molecular complexity index is 560. The Morgan fingerprint density at radius 1 is 1.16 bits per heavy atom. The van der Waals surface area contributed by atoms with Crippen LogP contribution in [0.25, 0.3) is 0 Å². The number of halogens is 1. The predicted molar refractivity (Wildman–Crippen MR) is 76.3 cm³/mol. The van der Waals surface area contributed by atoms with Gasteiger partial charge in [0.25, 0.3) is 0 Å². The number of nitrogens with one attached hydrogen (secondary N) is 1. The zero-order valence-electron chi connectivity index (χ0n) is 10.9. The first-order valence-corrected chi connectivity index (χ1v) is 6.80. The lowest BCUT2D eigenvalue weighted by atomic mass is 10.2. The van der Waals surface area contributed by atoms with Gasteiger partial charge in [-0.15, -0.1) is 0 Å². The summed E-state index contributed by atoms with van der Waals surface area (Å²) in [7, 11) is 3.46. The Kier molecular flexibility index (Phi) is 4.82. The molecular weight excluding hydrogens is 261 g/mol. The van der Waals surface area contributed by atoms with E-state index in [1.165, 1.54) is 11.8 Å². The molecule has 0 bridgehead atoms. The minimum atomic E-state index is -0.205. The summed E-state index contributed by atoms with van der Waals surface area (Å²) in [6.45, 7) is 0.663. The van der Waals surface area contributed by atoms with Crippen molar-refractivity contribution in [2.45, 2.75) is 16.3 Å². The van der Waals surface area contributed by atoms with Crippen molar-refractivity contribution in [3.63, 3.8) is 0 Å². The molecule has 0 unspecified atom stereocenters. The Labute approximate surface area is 117 Å². The van der Waals surface area contributed by atoms with Crippen LogP contribution < -0.4 is 10.1 Å². The molecule has 1 N–H and O–H groups in total. The fourth-order valence-corrected chi connectivity index (χ4v) is 2.69. The average Bonchev–Trinajstić information content (AvgIpc) is 2.43. The van der Waals surface area contributed by atoms with E-state index in [-0.39, 0.29) is 5.82 Å². The van der Waals surface area contributed by atoms with Crippen LogP contribution in [0.3, 0.4) is 0 Å². The lowest BCUT2D eigenvalue weighted by Crippen LogP contribution is -2.05. The van der Waals surface area contributed by atoms with Crippen molar-refractivity contribution in [1.82, 2.24) is 5.32 Å². The van der Waals surface area contributed by atoms with Crippen LogP contribution in [0.4, 0.5) is 4.39 Å². The van der Waals surface area contributed by atoms with Gasteiger partial charge >= 0.3 is 0 Å². The molecule has 0 spiro atoms. The molecule has 0 radical (unpaired) electrons. The third-order valence-corrected chi connectivity index (χ3v) is 3.77. The zero-order chi connectivity index (χ0) is 13.7. The third kappa shape index (κ3) is 3.49. The van der Waals surface area contributed by atoms with E-state index in [4.69, 9.17) is 4.74 Å². The highest BCUT2D eigenvalue weighted by Gasteiger charge is 2.08. The smallest absolute Gasteiger partial charge is 0.137 e. The topological polar surface area (TPSA) is 21.3 Å². The lowest BCUT2D eigenvalue weighted by molar-refractivity contribution is 0.405. The Balaban J connectivity index is 2.23. The van der Waals surface area contributed by atoms with Gasteiger partial charge in [-0.1, -0.05) is 30.0 Å². The monoisotopic (exact) mass is 277 g/mol. The third-order valence-electron chi connectivity index (χ3n) is 2.67. The molecule has 2 aromatic rings. The van der Waals surface area contributed by atoms with E-state index in [0.29, 0.717) is 11.4 Å². The molecule has 19 heavy (non-hydrogen) atoms. The summed E-state index contributed by atoms with van der Waals surface area (Å²) in [5, 5.41) is 3.01. The molecule has 0 aliphatic heterocycles. The largest absolute Gasteiger partial charge is 0.496 e. The lowest BCUT2D eigenvalue weighted by Gasteiger charge is -2.09. The maximum Gasteiger partial charge on any atom is 0.137 e. The van der Waals surface area contributed by atoms with E-state index in [1.54, 1.807) is 19.2 Å². The summed E-state index contributed by atoms with van der Waals surface area (Å²) in [5.41, 5.74) is 0.935. The van der Waals surface area contributed by atoms with Gasteiger partial charge in [0.05, 0.1) is 12.0 Å². The number of hydrogen-bond donors (Lipinski definition) is 1. The van der Waals surface area contributed by atoms with Crippen LogP contribution in [-0.2, 0) is 6.54 Å². The minimum absolute atomic E-state index is 0.205. The van der Waals surface area contributed by atoms with Crippen molar-refractivity contribution >= 4 is 11.8 Å². The number of benzene rings is 2. The molecule has 0 saturated heterocycles. The molecule has 0 aliphatic rings. The highest BCUT2D eigenvalue weighted by atomic mass is 32.2. The van der Waals surface area contributed by atoms with Gasteiger partial charge in [-0.3, -0.25) is 0 Å². The summed E-state index contributed by atoms with van der Waals surface area (Å²) in [6, 6.07) is 12.9. The molecule has 0 atom stereocenters. The number of hydrogen-bond acceptors (Lipinski definition) is 3. The van der Waals surface area contributed by atoms with Gasteiger partial charge in [0.15, 0.2) is 0 Å². The molecule has 2 aromatic carbocycles. The van der Waals surface area contributed by atoms with E-state index in [2.05, 4.69) is 5.32 Å². The van der Waals surface area contributed by atoms with Crippen LogP contribution in [0.15, 0.2) is 52.3 Å². The summed E-state index contributed by atoms with van der Waals surface area (Å²) < 4.78 is 19.3. The van der Waals surface area contributed by atoms with Crippen molar-refractivity contribution in [3.8, 4) is 5.75 Å². The van der Waals surface area contributed by atoms with Gasteiger partial charge in [-0.25, -0.2) is 4.39 Å². The first-order valence-electron chi connectivity index (χ1n) is 5.98. The maximum atomic E-state index is 14.0. The first kappa shape index (κ1) is 13.9. The van der Waals surface area contributed by atoms with Gasteiger partial charge < -0.3 is 10.1 Å². The Morgan fingerprint density at radius 2 is 1.95 bits per heavy atom. The van der Waals surface area contributed by atoms with Gasteiger partial charge in [0, 0.05) is 11.4 Å². The van der Waals surface area contributed by atoms with Crippen LogP contribution in [0.1, 0.15) is 5.56 Å². The molecule has 0 aliphatic carbocycles. The van der Waals surface area contributed by atoms with E-state index in [9.17, 15) is 4.39 Å². The molecule has 2 rings (SSSR count). The number of rotatable bonds is 5. The van der Waals surface area contributed by atoms with E-state index < -0.39 is 0 Å². The Hall–Kier alpha value is -1.52. The van der Waals surface area contributed by atoms with Crippen molar-refractivity contribution in [1.29, 1.82) is 0 Å². The highest BCUT2D eigenvalue weighted by Crippen LogP contribution is 2.36. The quantitative estimate of drug-likeness (QED) is 0.900. The summed E-state index contributed by atoms with van der Waals surface area (Å²) in [6.07, 6.45) is 0. The predicted octanol–water partition coefficient (Wildman–Crippen LogP) is 3.70. The molecule has 0 amide bonds. The summed E-state index contributed by atoms with van der Waals surface area (Å²) >= 11 is 1.37. The second kappa shape index (κ2) is 6.59. The van der Waals surface area contributed by atoms with Crippen LogP contribution >= 0.6 is 11.8 Å². The van der Waals surface area contributed by atoms with Crippen LogP contribution in [0.5, 0.6) is 5.75 Å². The van der Waals surface area contributed by atoms with Crippen LogP contribution in [0, 0.1) is 5.82 Å². The SMILES string of the molecule is CNCc1ccc(Sc2ccccc2OC)c(F)c1. The van der Waals surface area contributed by atoms with Crippen molar-refractivity contribution in [2.24, 2.45) is 0 Å². The molecule has 0 fully saturated rings. The molecule has 2 nitrogen and oxygen atoms in total. The fraction of sp³-hybridized carbons (Fsp3) is 0.200. The standard InChI is InChI=1S/C15H16FNOS/c1-17-10-11-7-8-14(12(16)9-11)19-15-6-4-3-5-13(15)18-2/h3-9,17H,10H2,1-2H3. The van der Waals surface area contributed by atoms with Gasteiger partial charge in [0.2, 0.25) is 0 Å². The number of para-hydroxylation sites is 1. The van der Waals surface area contributed by atoms with Gasteiger partial charge in [-0.2, -0.15) is 0 Å². The van der Waals surface area contributed by atoms with Crippen molar-refractivity contribution < 1.29 is 9.13 Å². The van der Waals surface area contributed by atoms with Crippen LogP contribution in [-0.4, -0.2) is 14.2 Å². The molecule has 0 aromatic heterocycles.